The molecule has 0 aromatic heterocycles. The maximum atomic E-state index is 12.9. The number of rotatable bonds is 3. The fourth-order valence-corrected chi connectivity index (χ4v) is 1.87. The van der Waals surface area contributed by atoms with Crippen molar-refractivity contribution in [2.45, 2.75) is 6.29 Å². The number of hydrogen-bond donors (Lipinski definition) is 3. The summed E-state index contributed by atoms with van der Waals surface area (Å²) in [7, 11) is 0. The Morgan fingerprint density at radius 2 is 2.10 bits per heavy atom. The molecule has 1 aromatic carbocycles. The van der Waals surface area contributed by atoms with Crippen molar-refractivity contribution in [2.24, 2.45) is 10.7 Å². The predicted molar refractivity (Wildman–Crippen MR) is 71.2 cm³/mol. The summed E-state index contributed by atoms with van der Waals surface area (Å²) in [5, 5.41) is 15.6. The van der Waals surface area contributed by atoms with Crippen molar-refractivity contribution in [1.82, 2.24) is 0 Å². The van der Waals surface area contributed by atoms with E-state index in [9.17, 15) is 13.6 Å². The van der Waals surface area contributed by atoms with Gasteiger partial charge in [0, 0.05) is 5.56 Å². The van der Waals surface area contributed by atoms with E-state index in [0.717, 1.165) is 0 Å². The number of carboxylic acid groups (broad SMARTS) is 1. The predicted octanol–water partition coefficient (Wildman–Crippen LogP) is 1.47. The lowest BCUT2D eigenvalue weighted by Gasteiger charge is -2.04. The molecule has 0 spiro atoms. The summed E-state index contributed by atoms with van der Waals surface area (Å²) < 4.78 is 34.2. The molecule has 7 nitrogen and oxygen atoms in total. The summed E-state index contributed by atoms with van der Waals surface area (Å²) in [6.45, 7) is 0. The van der Waals surface area contributed by atoms with Crippen LogP contribution in [0.25, 0.3) is 0 Å². The van der Waals surface area contributed by atoms with Crippen molar-refractivity contribution in [3.8, 4) is 11.5 Å². The molecule has 21 heavy (non-hydrogen) atoms. The van der Waals surface area contributed by atoms with Gasteiger partial charge in [-0.2, -0.15) is 0 Å². The number of nitrogens with one attached hydrogen (secondary N) is 1. The molecular formula is C11H9F2N3O4S. The third kappa shape index (κ3) is 3.81. The van der Waals surface area contributed by atoms with Crippen LogP contribution in [-0.4, -0.2) is 34.1 Å². The van der Waals surface area contributed by atoms with Gasteiger partial charge >= 0.3 is 12.3 Å². The van der Waals surface area contributed by atoms with Crippen LogP contribution in [0.5, 0.6) is 11.5 Å². The first-order valence-electron chi connectivity index (χ1n) is 5.44. The van der Waals surface area contributed by atoms with Crippen LogP contribution < -0.4 is 15.2 Å². The van der Waals surface area contributed by atoms with Gasteiger partial charge in [0.05, 0.1) is 5.75 Å². The number of ether oxygens (including phenoxy) is 2. The molecule has 10 heteroatoms. The molecule has 0 atom stereocenters. The molecule has 4 N–H and O–H groups in total. The molecular weight excluding hydrogens is 308 g/mol. The van der Waals surface area contributed by atoms with Crippen LogP contribution in [0.15, 0.2) is 23.2 Å². The Bertz CT molecular complexity index is 636. The van der Waals surface area contributed by atoms with Crippen LogP contribution >= 0.6 is 11.8 Å². The zero-order chi connectivity index (χ0) is 15.6. The molecule has 0 saturated carbocycles. The molecule has 1 heterocycles. The number of aliphatic imine (C=N–C) groups is 1. The zero-order valence-electron chi connectivity index (χ0n) is 10.3. The van der Waals surface area contributed by atoms with E-state index in [1.54, 1.807) is 0 Å². The normalized spacial score (nSPS) is 15.8. The maximum Gasteiger partial charge on any atom is 0.586 e. The Balaban J connectivity index is 2.12. The molecule has 0 bridgehead atoms. The minimum Gasteiger partial charge on any atom is -0.481 e. The molecule has 1 aromatic rings. The van der Waals surface area contributed by atoms with Gasteiger partial charge in [-0.05, 0) is 18.2 Å². The van der Waals surface area contributed by atoms with Gasteiger partial charge in [0.15, 0.2) is 16.7 Å². The van der Waals surface area contributed by atoms with E-state index in [4.69, 9.17) is 16.2 Å². The third-order valence-corrected chi connectivity index (χ3v) is 3.01. The highest BCUT2D eigenvalue weighted by atomic mass is 32.2. The van der Waals surface area contributed by atoms with Crippen LogP contribution in [0.1, 0.15) is 5.56 Å². The largest absolute Gasteiger partial charge is 0.586 e. The molecule has 0 aliphatic carbocycles. The Hall–Kier alpha value is -2.36. The van der Waals surface area contributed by atoms with Crippen molar-refractivity contribution in [3.05, 3.63) is 23.8 Å². The minimum absolute atomic E-state index is 0.125. The lowest BCUT2D eigenvalue weighted by Crippen LogP contribution is -2.26. The van der Waals surface area contributed by atoms with Crippen LogP contribution in [0.2, 0.25) is 0 Å². The number of thioether (sulfide) groups is 1. The summed E-state index contributed by atoms with van der Waals surface area (Å²) in [4.78, 5) is 14.0. The molecule has 0 amide bonds. The Morgan fingerprint density at radius 3 is 2.76 bits per heavy atom. The summed E-state index contributed by atoms with van der Waals surface area (Å²) >= 11 is 0.673. The number of carboxylic acids is 1. The van der Waals surface area contributed by atoms with E-state index in [1.165, 1.54) is 18.2 Å². The van der Waals surface area contributed by atoms with Gasteiger partial charge in [-0.3, -0.25) is 10.2 Å². The Morgan fingerprint density at radius 1 is 1.43 bits per heavy atom. The van der Waals surface area contributed by atoms with Gasteiger partial charge in [-0.25, -0.2) is 4.99 Å². The number of amidine groups is 2. The summed E-state index contributed by atoms with van der Waals surface area (Å²) in [5.41, 5.74) is 5.87. The number of hydrogen-bond acceptors (Lipinski definition) is 5. The lowest BCUT2D eigenvalue weighted by molar-refractivity contribution is -0.286. The number of alkyl halides is 2. The van der Waals surface area contributed by atoms with E-state index >= 15 is 0 Å². The highest BCUT2D eigenvalue weighted by Crippen LogP contribution is 2.41. The molecule has 0 radical (unpaired) electrons. The molecule has 2 rings (SSSR count). The van der Waals surface area contributed by atoms with Crippen molar-refractivity contribution in [1.29, 1.82) is 5.41 Å². The van der Waals surface area contributed by atoms with E-state index in [0.29, 0.717) is 11.8 Å². The standard InChI is InChI=1S/C11H9F2N3O4S/c12-11(13)19-6-2-1-5(3-7(6)20-11)9(14)16-10(15)21-4-8(17)18/h1-3H,4H2,(H,17,18)(H3,14,15,16). The van der Waals surface area contributed by atoms with Crippen molar-refractivity contribution >= 4 is 28.7 Å². The van der Waals surface area contributed by atoms with Gasteiger partial charge in [0.25, 0.3) is 0 Å². The van der Waals surface area contributed by atoms with E-state index in [-0.39, 0.29) is 33.8 Å². The van der Waals surface area contributed by atoms with E-state index < -0.39 is 12.3 Å². The fraction of sp³-hybridized carbons (Fsp3) is 0.182. The number of nitrogens with zero attached hydrogens (tertiary/aromatic N) is 1. The van der Waals surface area contributed by atoms with Gasteiger partial charge in [0.1, 0.15) is 5.84 Å². The van der Waals surface area contributed by atoms with Gasteiger partial charge in [-0.1, -0.05) is 11.8 Å². The van der Waals surface area contributed by atoms with Crippen molar-refractivity contribution in [3.63, 3.8) is 0 Å². The molecule has 112 valence electrons. The first-order chi connectivity index (χ1) is 9.77. The summed E-state index contributed by atoms with van der Waals surface area (Å²) in [6, 6.07) is 3.81. The number of fused-ring (bicyclic) bond motifs is 1. The monoisotopic (exact) mass is 317 g/mol. The number of nitrogens with two attached hydrogens (primary N) is 1. The fourth-order valence-electron chi connectivity index (χ4n) is 1.44. The van der Waals surface area contributed by atoms with Gasteiger partial charge < -0.3 is 20.3 Å². The topological polar surface area (TPSA) is 118 Å². The molecule has 0 saturated heterocycles. The number of halogens is 2. The molecule has 1 aliphatic heterocycles. The third-order valence-electron chi connectivity index (χ3n) is 2.25. The SMILES string of the molecule is N=C(/N=C(\N)c1ccc2c(c1)OC(F)(F)O2)SCC(=O)O. The number of aliphatic carboxylic acids is 1. The quantitative estimate of drug-likeness (QED) is 0.574. The Kier molecular flexibility index (Phi) is 3.98. The second-order valence-corrected chi connectivity index (χ2v) is 4.78. The first kappa shape index (κ1) is 15.0. The van der Waals surface area contributed by atoms with Crippen LogP contribution in [0, 0.1) is 5.41 Å². The van der Waals surface area contributed by atoms with Crippen LogP contribution in [-0.2, 0) is 4.79 Å². The number of benzene rings is 1. The van der Waals surface area contributed by atoms with Crippen molar-refractivity contribution < 1.29 is 28.2 Å². The first-order valence-corrected chi connectivity index (χ1v) is 6.43. The molecule has 1 aliphatic rings. The summed E-state index contributed by atoms with van der Waals surface area (Å²) in [5.74, 6) is -1.88. The van der Waals surface area contributed by atoms with Crippen LogP contribution in [0.3, 0.4) is 0 Å². The lowest BCUT2D eigenvalue weighted by atomic mass is 10.2. The highest BCUT2D eigenvalue weighted by molar-refractivity contribution is 8.14. The van der Waals surface area contributed by atoms with E-state index in [1.807, 2.05) is 0 Å². The maximum absolute atomic E-state index is 12.9. The second-order valence-electron chi connectivity index (χ2n) is 3.81. The van der Waals surface area contributed by atoms with Crippen molar-refractivity contribution in [2.75, 3.05) is 5.75 Å². The zero-order valence-corrected chi connectivity index (χ0v) is 11.1. The number of carbonyl (C=O) groups is 1. The summed E-state index contributed by atoms with van der Waals surface area (Å²) in [6.07, 6.45) is -3.73. The average Bonchev–Trinajstić information content (AvgIpc) is 2.68. The Labute approximate surface area is 121 Å². The smallest absolute Gasteiger partial charge is 0.481 e. The van der Waals surface area contributed by atoms with Gasteiger partial charge in [-0.15, -0.1) is 8.78 Å². The van der Waals surface area contributed by atoms with Crippen LogP contribution in [0.4, 0.5) is 8.78 Å². The molecule has 0 fully saturated rings. The molecule has 0 unspecified atom stereocenters. The van der Waals surface area contributed by atoms with E-state index in [2.05, 4.69) is 14.5 Å². The van der Waals surface area contributed by atoms with Gasteiger partial charge in [0.2, 0.25) is 0 Å². The second kappa shape index (κ2) is 5.56. The highest BCUT2D eigenvalue weighted by Gasteiger charge is 2.43. The average molecular weight is 317 g/mol. The minimum atomic E-state index is -3.73.